The maximum absolute atomic E-state index is 6.21. The third kappa shape index (κ3) is 6.65. The SMILES string of the molecule is COc1ccc([O][Cr]([O]c2ccc(OC)cc2)[PH]c2ccccc2)cc1.Cl. The second-order valence-electron chi connectivity index (χ2n) is 5.22. The number of rotatable bonds is 8. The van der Waals surface area contributed by atoms with Gasteiger partial charge in [0.1, 0.15) is 0 Å². The maximum Gasteiger partial charge on any atom is -0.147 e. The average Bonchev–Trinajstić information content (AvgIpc) is 2.70. The minimum Gasteiger partial charge on any atom is -0.147 e. The molecule has 0 radical (unpaired) electrons. The molecular weight excluding hydrogens is 423 g/mol. The van der Waals surface area contributed by atoms with E-state index in [2.05, 4.69) is 12.1 Å². The van der Waals surface area contributed by atoms with Gasteiger partial charge in [-0.1, -0.05) is 0 Å². The Morgan fingerprint density at radius 3 is 1.41 bits per heavy atom. The molecule has 0 aromatic heterocycles. The first-order valence-corrected chi connectivity index (χ1v) is 11.8. The van der Waals surface area contributed by atoms with E-state index in [-0.39, 0.29) is 12.4 Å². The molecule has 1 atom stereocenters. The van der Waals surface area contributed by atoms with Crippen molar-refractivity contribution in [3.05, 3.63) is 78.9 Å². The van der Waals surface area contributed by atoms with Gasteiger partial charge in [-0.05, 0) is 0 Å². The first-order valence-electron chi connectivity index (χ1n) is 7.97. The number of ether oxygens (including phenoxy) is 2. The molecule has 0 aliphatic heterocycles. The Bertz CT molecular complexity index is 751. The summed E-state index contributed by atoms with van der Waals surface area (Å²) >= 11 is -1.86. The Morgan fingerprint density at radius 1 is 0.593 bits per heavy atom. The van der Waals surface area contributed by atoms with E-state index < -0.39 is 14.4 Å². The van der Waals surface area contributed by atoms with Gasteiger partial charge >= 0.3 is 160 Å². The molecule has 0 N–H and O–H groups in total. The van der Waals surface area contributed by atoms with Gasteiger partial charge in [-0.3, -0.25) is 0 Å². The van der Waals surface area contributed by atoms with Crippen molar-refractivity contribution in [2.75, 3.05) is 14.2 Å². The number of hydrogen-bond acceptors (Lipinski definition) is 4. The summed E-state index contributed by atoms with van der Waals surface area (Å²) in [6.07, 6.45) is 0. The summed E-state index contributed by atoms with van der Waals surface area (Å²) in [5.74, 6) is 3.17. The molecule has 0 spiro atoms. The molecule has 3 aromatic carbocycles. The van der Waals surface area contributed by atoms with Gasteiger partial charge in [-0.15, -0.1) is 12.4 Å². The summed E-state index contributed by atoms with van der Waals surface area (Å²) in [5.41, 5.74) is 0. The van der Waals surface area contributed by atoms with Gasteiger partial charge in [0.15, 0.2) is 0 Å². The number of benzene rings is 3. The van der Waals surface area contributed by atoms with Crippen molar-refractivity contribution in [1.82, 2.24) is 0 Å². The molecule has 0 amide bonds. The third-order valence-electron chi connectivity index (χ3n) is 3.44. The fourth-order valence-electron chi connectivity index (χ4n) is 2.10. The molecule has 1 unspecified atom stereocenters. The van der Waals surface area contributed by atoms with E-state index in [0.717, 1.165) is 23.0 Å². The van der Waals surface area contributed by atoms with Crippen molar-refractivity contribution < 1.29 is 31.4 Å². The van der Waals surface area contributed by atoms with E-state index in [9.17, 15) is 0 Å². The Morgan fingerprint density at radius 2 is 1.00 bits per heavy atom. The van der Waals surface area contributed by atoms with E-state index >= 15 is 0 Å². The Labute approximate surface area is 172 Å². The molecule has 0 heterocycles. The van der Waals surface area contributed by atoms with Crippen molar-refractivity contribution in [3.8, 4) is 23.0 Å². The first-order chi connectivity index (χ1) is 12.8. The molecule has 0 fully saturated rings. The van der Waals surface area contributed by atoms with Crippen LogP contribution in [-0.2, 0) is 14.4 Å². The molecule has 0 aliphatic rings. The summed E-state index contributed by atoms with van der Waals surface area (Å²) in [6, 6.07) is 25.4. The van der Waals surface area contributed by atoms with E-state index in [1.54, 1.807) is 14.2 Å². The fourth-order valence-corrected chi connectivity index (χ4v) is 6.37. The summed E-state index contributed by atoms with van der Waals surface area (Å²) in [4.78, 5) is 0. The molecule has 0 saturated carbocycles. The second-order valence-corrected chi connectivity index (χ2v) is 9.59. The molecule has 0 aliphatic carbocycles. The molecule has 3 aromatic rings. The van der Waals surface area contributed by atoms with Crippen LogP contribution in [0.25, 0.3) is 0 Å². The van der Waals surface area contributed by atoms with Crippen LogP contribution in [0, 0.1) is 0 Å². The summed E-state index contributed by atoms with van der Waals surface area (Å²) in [6.45, 7) is 0. The van der Waals surface area contributed by atoms with Crippen LogP contribution < -0.4 is 22.4 Å². The van der Waals surface area contributed by atoms with Gasteiger partial charge in [0.2, 0.25) is 0 Å². The number of halogens is 1. The smallest absolute Gasteiger partial charge is 0.147 e. The molecular formula is C20H21ClCrO4P. The van der Waals surface area contributed by atoms with Crippen LogP contribution in [0.5, 0.6) is 23.0 Å². The van der Waals surface area contributed by atoms with Crippen LogP contribution in [0.1, 0.15) is 0 Å². The standard InChI is InChI=1S/2C7H8O2.C6H6P.ClH.Cr/c2*1-9-7-4-2-6(8)3-5-7;7-6-4-2-1-3-5-6;;/h2*2-5,8H,1H3;1-5,7H;1H;/q;;-1;;+3/p-2. The van der Waals surface area contributed by atoms with Crippen molar-refractivity contribution >= 4 is 24.9 Å². The molecule has 0 saturated heterocycles. The minimum absolute atomic E-state index is 0. The van der Waals surface area contributed by atoms with Gasteiger partial charge < -0.3 is 0 Å². The van der Waals surface area contributed by atoms with E-state index in [1.165, 1.54) is 5.30 Å². The van der Waals surface area contributed by atoms with Crippen LogP contribution in [0.2, 0.25) is 0 Å². The number of methoxy groups -OCH3 is 2. The van der Waals surface area contributed by atoms with Crippen LogP contribution in [-0.4, -0.2) is 14.2 Å². The zero-order chi connectivity index (χ0) is 18.2. The summed E-state index contributed by atoms with van der Waals surface area (Å²) in [5, 5.41) is 1.22. The van der Waals surface area contributed by atoms with Crippen LogP contribution >= 0.6 is 19.6 Å². The zero-order valence-electron chi connectivity index (χ0n) is 15.0. The van der Waals surface area contributed by atoms with Gasteiger partial charge in [-0.25, -0.2) is 0 Å². The maximum atomic E-state index is 6.21. The van der Waals surface area contributed by atoms with Gasteiger partial charge in [0, 0.05) is 0 Å². The topological polar surface area (TPSA) is 36.9 Å². The minimum atomic E-state index is -1.86. The predicted octanol–water partition coefficient (Wildman–Crippen LogP) is 4.95. The Hall–Kier alpha value is -1.89. The van der Waals surface area contributed by atoms with Crippen molar-refractivity contribution in [2.45, 2.75) is 0 Å². The molecule has 3 rings (SSSR count). The monoisotopic (exact) mass is 443 g/mol. The zero-order valence-corrected chi connectivity index (χ0v) is 18.0. The van der Waals surface area contributed by atoms with Crippen molar-refractivity contribution in [3.63, 3.8) is 0 Å². The molecule has 7 heteroatoms. The summed E-state index contributed by atoms with van der Waals surface area (Å²) < 4.78 is 22.8. The van der Waals surface area contributed by atoms with Crippen LogP contribution in [0.15, 0.2) is 78.9 Å². The van der Waals surface area contributed by atoms with Crippen LogP contribution in [0.4, 0.5) is 0 Å². The van der Waals surface area contributed by atoms with Gasteiger partial charge in [0.05, 0.1) is 0 Å². The average molecular weight is 444 g/mol. The van der Waals surface area contributed by atoms with E-state index in [1.807, 2.05) is 66.7 Å². The van der Waals surface area contributed by atoms with E-state index in [0.29, 0.717) is 7.23 Å². The van der Waals surface area contributed by atoms with Crippen molar-refractivity contribution in [2.24, 2.45) is 0 Å². The molecule has 27 heavy (non-hydrogen) atoms. The van der Waals surface area contributed by atoms with Gasteiger partial charge in [-0.2, -0.15) is 0 Å². The molecule has 143 valence electrons. The fraction of sp³-hybridized carbons (Fsp3) is 0.100. The quantitative estimate of drug-likeness (QED) is 0.462. The Kier molecular flexibility index (Phi) is 8.78. The van der Waals surface area contributed by atoms with Gasteiger partial charge in [0.25, 0.3) is 0 Å². The largest absolute Gasteiger partial charge is 0.147 e. The number of hydrogen-bond donors (Lipinski definition) is 0. The summed E-state index contributed by atoms with van der Waals surface area (Å²) in [7, 11) is 3.76. The first kappa shape index (κ1) is 21.4. The molecule has 0 bridgehead atoms. The van der Waals surface area contributed by atoms with Crippen LogP contribution in [0.3, 0.4) is 0 Å². The third-order valence-corrected chi connectivity index (χ3v) is 7.82. The predicted molar refractivity (Wildman–Crippen MR) is 109 cm³/mol. The van der Waals surface area contributed by atoms with Crippen molar-refractivity contribution in [1.29, 1.82) is 0 Å². The van der Waals surface area contributed by atoms with E-state index in [4.69, 9.17) is 17.1 Å². The second kappa shape index (κ2) is 11.1. The normalized spacial score (nSPS) is 10.5. The Balaban J connectivity index is 0.00000261. The molecule has 4 nitrogen and oxygen atoms in total.